The molecule has 43 heavy (non-hydrogen) atoms. The summed E-state index contributed by atoms with van der Waals surface area (Å²) >= 11 is 0. The lowest BCUT2D eigenvalue weighted by Gasteiger charge is -2.34. The molecule has 3 aliphatic rings. The number of allylic oxidation sites excluding steroid dienone is 2. The number of nitrogens with zero attached hydrogens (tertiary/aromatic N) is 7. The fourth-order valence-electron chi connectivity index (χ4n) is 5.05. The number of fused-ring (bicyclic) bond motifs is 2. The molecule has 0 spiro atoms. The fraction of sp³-hybridized carbons (Fsp3) is 0.429. The van der Waals surface area contributed by atoms with Crippen LogP contribution in [-0.4, -0.2) is 72.6 Å². The Bertz CT molecular complexity index is 1600. The van der Waals surface area contributed by atoms with E-state index in [1.807, 2.05) is 13.8 Å². The van der Waals surface area contributed by atoms with Crippen LogP contribution in [0, 0.1) is 5.82 Å². The molecule has 0 saturated heterocycles. The monoisotopic (exact) mass is 593 g/mol. The summed E-state index contributed by atoms with van der Waals surface area (Å²) in [4.78, 5) is 60.7. The number of unbranched alkanes of at least 4 members (excludes halogenated alkanes) is 2. The average molecular weight is 594 g/mol. The number of anilines is 1. The Hall–Kier alpha value is -4.95. The molecule has 2 aromatic rings. The van der Waals surface area contributed by atoms with E-state index in [1.165, 1.54) is 17.2 Å². The van der Waals surface area contributed by atoms with Gasteiger partial charge in [0, 0.05) is 55.6 Å². The van der Waals surface area contributed by atoms with E-state index < -0.39 is 35.1 Å². The molecule has 4 amide bonds. The predicted octanol–water partition coefficient (Wildman–Crippen LogP) is 2.76. The third-order valence-corrected chi connectivity index (χ3v) is 7.36. The lowest BCUT2D eigenvalue weighted by molar-refractivity contribution is -0.121. The minimum atomic E-state index is -0.664. The maximum absolute atomic E-state index is 14.3. The number of urea groups is 1. The summed E-state index contributed by atoms with van der Waals surface area (Å²) in [6, 6.07) is 0.671. The van der Waals surface area contributed by atoms with Crippen LogP contribution in [-0.2, 0) is 17.9 Å². The lowest BCUT2D eigenvalue weighted by atomic mass is 10.1. The van der Waals surface area contributed by atoms with Gasteiger partial charge < -0.3 is 25.2 Å². The molecule has 226 valence electrons. The van der Waals surface area contributed by atoms with Crippen molar-refractivity contribution >= 4 is 29.2 Å². The van der Waals surface area contributed by atoms with E-state index in [0.29, 0.717) is 50.2 Å². The first-order valence-electron chi connectivity index (χ1n) is 14.1. The summed E-state index contributed by atoms with van der Waals surface area (Å²) in [7, 11) is 0. The summed E-state index contributed by atoms with van der Waals surface area (Å²) in [5.74, 6) is -1.55. The van der Waals surface area contributed by atoms with Crippen molar-refractivity contribution in [2.24, 2.45) is 10.2 Å². The number of hydrogen-bond donors (Lipinski definition) is 3. The Morgan fingerprint density at radius 2 is 2.00 bits per heavy atom. The van der Waals surface area contributed by atoms with E-state index in [-0.39, 0.29) is 42.3 Å². The molecule has 0 aliphatic carbocycles. The molecular formula is C28H32FN9O5. The smallest absolute Gasteiger partial charge is 0.368 e. The highest BCUT2D eigenvalue weighted by atomic mass is 19.1. The molecule has 0 saturated carbocycles. The molecule has 1 atom stereocenters. The van der Waals surface area contributed by atoms with Gasteiger partial charge >= 0.3 is 6.03 Å². The van der Waals surface area contributed by atoms with Crippen molar-refractivity contribution in [3.8, 4) is 5.75 Å². The minimum Gasteiger partial charge on any atom is -0.503 e. The summed E-state index contributed by atoms with van der Waals surface area (Å²) in [6.45, 7) is 5.03. The highest BCUT2D eigenvalue weighted by Crippen LogP contribution is 2.26. The van der Waals surface area contributed by atoms with E-state index in [0.717, 1.165) is 6.20 Å². The fourth-order valence-corrected chi connectivity index (χ4v) is 5.05. The molecule has 5 heterocycles. The number of carbonyl (C=O) groups excluding carboxylic acids is 3. The number of nitrogens with one attached hydrogen (secondary N) is 2. The van der Waals surface area contributed by atoms with Crippen LogP contribution < -0.4 is 16.1 Å². The van der Waals surface area contributed by atoms with Crippen molar-refractivity contribution in [3.05, 3.63) is 63.9 Å². The standard InChI is InChI=1S/C28H32FN9O5/c1-16(2)36-10-11-37-18(12-20(39)24(41)23(37)27(36)42)13-31-22(40)6-4-3-5-9-30-26-19(29)14-32-25(33-26)17-7-8-21-34-35-28(43)38(21)15-17/h7-8,12,14-16,21,41H,3-6,9-11,13H2,1-2H3,(H,31,40)(H,30,32,33). The Kier molecular flexibility index (Phi) is 8.59. The van der Waals surface area contributed by atoms with Gasteiger partial charge in [-0.1, -0.05) is 11.5 Å². The zero-order valence-electron chi connectivity index (χ0n) is 23.8. The van der Waals surface area contributed by atoms with Crippen LogP contribution in [0.2, 0.25) is 0 Å². The van der Waals surface area contributed by atoms with Crippen molar-refractivity contribution in [3.63, 3.8) is 0 Å². The first kappa shape index (κ1) is 29.5. The van der Waals surface area contributed by atoms with Crippen LogP contribution >= 0.6 is 0 Å². The highest BCUT2D eigenvalue weighted by Gasteiger charge is 2.31. The topological polar surface area (TPSA) is 174 Å². The van der Waals surface area contributed by atoms with Crippen molar-refractivity contribution in [1.82, 2.24) is 29.7 Å². The van der Waals surface area contributed by atoms with Crippen LogP contribution in [0.5, 0.6) is 5.75 Å². The van der Waals surface area contributed by atoms with Gasteiger partial charge in [-0.25, -0.2) is 19.2 Å². The molecule has 1 unspecified atom stereocenters. The van der Waals surface area contributed by atoms with E-state index in [9.17, 15) is 28.7 Å². The first-order valence-corrected chi connectivity index (χ1v) is 14.1. The largest absolute Gasteiger partial charge is 0.503 e. The number of rotatable bonds is 11. The maximum atomic E-state index is 14.3. The number of hydrogen-bond acceptors (Lipinski definition) is 9. The van der Waals surface area contributed by atoms with Gasteiger partial charge in [0.05, 0.1) is 12.7 Å². The van der Waals surface area contributed by atoms with Gasteiger partial charge in [0.2, 0.25) is 11.3 Å². The number of pyridine rings is 1. The van der Waals surface area contributed by atoms with E-state index >= 15 is 0 Å². The SMILES string of the molecule is CC(C)N1CCn2c(CNC(=O)CCCCCNc3nc(C4=CN5C(=O)N=NC5C=C4)ncc3F)cc(=O)c(O)c2C1=O. The number of aromatic hydroxyl groups is 1. The summed E-state index contributed by atoms with van der Waals surface area (Å²) in [5.41, 5.74) is 0.261. The molecule has 3 N–H and O–H groups in total. The second-order valence-corrected chi connectivity index (χ2v) is 10.6. The Morgan fingerprint density at radius 1 is 1.19 bits per heavy atom. The number of amides is 4. The predicted molar refractivity (Wildman–Crippen MR) is 152 cm³/mol. The Balaban J connectivity index is 1.07. The Morgan fingerprint density at radius 3 is 2.79 bits per heavy atom. The van der Waals surface area contributed by atoms with Crippen LogP contribution in [0.4, 0.5) is 15.0 Å². The van der Waals surface area contributed by atoms with Crippen molar-refractivity contribution in [2.75, 3.05) is 18.4 Å². The molecule has 15 heteroatoms. The minimum absolute atomic E-state index is 0.0313. The normalized spacial score (nSPS) is 17.3. The third kappa shape index (κ3) is 6.29. The van der Waals surface area contributed by atoms with E-state index in [1.54, 1.807) is 21.6 Å². The molecule has 5 rings (SSSR count). The van der Waals surface area contributed by atoms with Crippen LogP contribution in [0.15, 0.2) is 45.6 Å². The van der Waals surface area contributed by atoms with Gasteiger partial charge in [-0.3, -0.25) is 19.3 Å². The van der Waals surface area contributed by atoms with Gasteiger partial charge in [-0.2, -0.15) is 5.11 Å². The molecule has 0 aromatic carbocycles. The molecule has 0 radical (unpaired) electrons. The third-order valence-electron chi connectivity index (χ3n) is 7.36. The van der Waals surface area contributed by atoms with Crippen LogP contribution in [0.25, 0.3) is 5.57 Å². The second-order valence-electron chi connectivity index (χ2n) is 10.6. The zero-order chi connectivity index (χ0) is 30.7. The molecule has 3 aliphatic heterocycles. The van der Waals surface area contributed by atoms with E-state index in [4.69, 9.17) is 0 Å². The van der Waals surface area contributed by atoms with Crippen molar-refractivity contribution < 1.29 is 23.9 Å². The second kappa shape index (κ2) is 12.5. The summed E-state index contributed by atoms with van der Waals surface area (Å²) < 4.78 is 15.9. The molecule has 2 aromatic heterocycles. The number of azo groups is 1. The van der Waals surface area contributed by atoms with Crippen LogP contribution in [0.1, 0.15) is 61.5 Å². The van der Waals surface area contributed by atoms with Crippen molar-refractivity contribution in [1.29, 1.82) is 0 Å². The van der Waals surface area contributed by atoms with Gasteiger partial charge in [-0.15, -0.1) is 0 Å². The summed E-state index contributed by atoms with van der Waals surface area (Å²) in [5, 5.41) is 23.4. The first-order chi connectivity index (χ1) is 20.6. The van der Waals surface area contributed by atoms with Gasteiger partial charge in [-0.05, 0) is 38.8 Å². The number of carbonyl (C=O) groups is 3. The quantitative estimate of drug-likeness (QED) is 0.333. The average Bonchev–Trinajstić information content (AvgIpc) is 3.36. The number of aromatic nitrogens is 3. The summed E-state index contributed by atoms with van der Waals surface area (Å²) in [6.07, 6.45) is 7.66. The Labute approximate surface area is 246 Å². The highest BCUT2D eigenvalue weighted by molar-refractivity contribution is 5.96. The van der Waals surface area contributed by atoms with Gasteiger partial charge in [0.25, 0.3) is 5.91 Å². The van der Waals surface area contributed by atoms with E-state index in [2.05, 4.69) is 30.8 Å². The van der Waals surface area contributed by atoms with Gasteiger partial charge in [0.1, 0.15) is 0 Å². The molecular weight excluding hydrogens is 561 g/mol. The molecule has 0 bridgehead atoms. The maximum Gasteiger partial charge on any atom is 0.368 e. The molecule has 14 nitrogen and oxygen atoms in total. The number of halogens is 1. The zero-order valence-corrected chi connectivity index (χ0v) is 23.8. The lowest BCUT2D eigenvalue weighted by Crippen LogP contribution is -2.46. The van der Waals surface area contributed by atoms with Crippen molar-refractivity contribution in [2.45, 2.75) is 64.8 Å². The van der Waals surface area contributed by atoms with Gasteiger partial charge in [0.15, 0.2) is 35.1 Å². The molecule has 0 fully saturated rings. The van der Waals surface area contributed by atoms with Crippen LogP contribution in [0.3, 0.4) is 0 Å².